The molecule has 2 saturated carbocycles. The summed E-state index contributed by atoms with van der Waals surface area (Å²) in [4.78, 5) is 22.9. The van der Waals surface area contributed by atoms with Gasteiger partial charge >= 0.3 is 0 Å². The van der Waals surface area contributed by atoms with Gasteiger partial charge in [0, 0.05) is 25.0 Å². The molecule has 0 aromatic heterocycles. The zero-order chi connectivity index (χ0) is 12.8. The van der Waals surface area contributed by atoms with Crippen LogP contribution in [0.5, 0.6) is 0 Å². The van der Waals surface area contributed by atoms with Crippen LogP contribution in [0.2, 0.25) is 0 Å². The summed E-state index contributed by atoms with van der Waals surface area (Å²) >= 11 is 0. The number of nitrogens with one attached hydrogen (secondary N) is 3. The summed E-state index contributed by atoms with van der Waals surface area (Å²) in [6, 6.07) is 0.908. The first-order valence-corrected chi connectivity index (χ1v) is 7.03. The van der Waals surface area contributed by atoms with Crippen molar-refractivity contribution in [1.29, 1.82) is 0 Å². The maximum Gasteiger partial charge on any atom is 0.233 e. The first-order chi connectivity index (χ1) is 8.74. The molecule has 2 aliphatic rings. The molecular weight excluding hydrogens is 230 g/mol. The Balaban J connectivity index is 1.47. The molecule has 2 amide bonds. The molecule has 0 aliphatic heterocycles. The second kappa shape index (κ2) is 6.73. The predicted molar refractivity (Wildman–Crippen MR) is 69.1 cm³/mol. The van der Waals surface area contributed by atoms with E-state index in [4.69, 9.17) is 0 Å². The number of hydrogen-bond donors (Lipinski definition) is 3. The van der Waals surface area contributed by atoms with Gasteiger partial charge in [0.1, 0.15) is 0 Å². The van der Waals surface area contributed by atoms with Crippen LogP contribution < -0.4 is 16.0 Å². The van der Waals surface area contributed by atoms with E-state index in [0.29, 0.717) is 31.6 Å². The number of amides is 2. The van der Waals surface area contributed by atoms with E-state index in [-0.39, 0.29) is 11.8 Å². The summed E-state index contributed by atoms with van der Waals surface area (Å²) in [5.74, 6) is 0.0303. The minimum absolute atomic E-state index is 0.0129. The van der Waals surface area contributed by atoms with Crippen molar-refractivity contribution in [2.75, 3.05) is 13.1 Å². The quantitative estimate of drug-likeness (QED) is 0.611. The topological polar surface area (TPSA) is 70.2 Å². The van der Waals surface area contributed by atoms with Gasteiger partial charge < -0.3 is 16.0 Å². The molecule has 0 unspecified atom stereocenters. The molecule has 0 spiro atoms. The molecule has 0 saturated heterocycles. The monoisotopic (exact) mass is 253 g/mol. The number of hydrogen-bond acceptors (Lipinski definition) is 3. The molecule has 18 heavy (non-hydrogen) atoms. The molecule has 0 aromatic rings. The van der Waals surface area contributed by atoms with E-state index < -0.39 is 0 Å². The summed E-state index contributed by atoms with van der Waals surface area (Å²) in [5, 5.41) is 8.92. The smallest absolute Gasteiger partial charge is 0.233 e. The van der Waals surface area contributed by atoms with E-state index in [1.165, 1.54) is 25.7 Å². The van der Waals surface area contributed by atoms with E-state index in [2.05, 4.69) is 16.0 Å². The Kier molecular flexibility index (Phi) is 4.99. The predicted octanol–water partition coefficient (Wildman–Crippen LogP) is 0.303. The average Bonchev–Trinajstić information content (AvgIpc) is 2.99. The van der Waals surface area contributed by atoms with Crippen LogP contribution in [0.1, 0.15) is 44.9 Å². The fourth-order valence-electron chi connectivity index (χ4n) is 2.27. The summed E-state index contributed by atoms with van der Waals surface area (Å²) in [7, 11) is 0. The molecule has 0 bridgehead atoms. The van der Waals surface area contributed by atoms with Gasteiger partial charge in [-0.05, 0) is 25.7 Å². The van der Waals surface area contributed by atoms with Crippen molar-refractivity contribution >= 4 is 11.8 Å². The lowest BCUT2D eigenvalue weighted by Gasteiger charge is -2.11. The van der Waals surface area contributed by atoms with Crippen LogP contribution in [0, 0.1) is 0 Å². The maximum absolute atomic E-state index is 11.5. The fraction of sp³-hybridized carbons (Fsp3) is 0.846. The van der Waals surface area contributed by atoms with E-state index in [1.54, 1.807) is 0 Å². The molecular formula is C13H23N3O2. The highest BCUT2D eigenvalue weighted by Gasteiger charge is 2.22. The molecule has 5 nitrogen and oxygen atoms in total. The highest BCUT2D eigenvalue weighted by molar-refractivity contribution is 5.80. The third-order valence-electron chi connectivity index (χ3n) is 3.52. The zero-order valence-corrected chi connectivity index (χ0v) is 10.8. The van der Waals surface area contributed by atoms with Crippen LogP contribution in [-0.2, 0) is 9.59 Å². The number of carbonyl (C=O) groups excluding carboxylic acids is 2. The Labute approximate surface area is 108 Å². The van der Waals surface area contributed by atoms with E-state index in [0.717, 1.165) is 12.8 Å². The first kappa shape index (κ1) is 13.3. The zero-order valence-electron chi connectivity index (χ0n) is 10.8. The van der Waals surface area contributed by atoms with E-state index in [1.807, 2.05) is 0 Å². The van der Waals surface area contributed by atoms with Gasteiger partial charge in [0.2, 0.25) is 11.8 Å². The first-order valence-electron chi connectivity index (χ1n) is 7.03. The van der Waals surface area contributed by atoms with Crippen LogP contribution in [-0.4, -0.2) is 37.0 Å². The minimum atomic E-state index is -0.0129. The van der Waals surface area contributed by atoms with Gasteiger partial charge in [-0.25, -0.2) is 0 Å². The maximum atomic E-state index is 11.5. The van der Waals surface area contributed by atoms with Gasteiger partial charge in [-0.3, -0.25) is 9.59 Å². The largest absolute Gasteiger partial charge is 0.354 e. The molecule has 0 atom stereocenters. The van der Waals surface area contributed by atoms with Gasteiger partial charge in [-0.2, -0.15) is 0 Å². The lowest BCUT2D eigenvalue weighted by atomic mass is 10.2. The highest BCUT2D eigenvalue weighted by Crippen LogP contribution is 2.18. The second-order valence-corrected chi connectivity index (χ2v) is 5.30. The molecule has 0 aromatic carbocycles. The van der Waals surface area contributed by atoms with E-state index in [9.17, 15) is 9.59 Å². The molecule has 102 valence electrons. The van der Waals surface area contributed by atoms with Crippen molar-refractivity contribution in [3.8, 4) is 0 Å². The summed E-state index contributed by atoms with van der Waals surface area (Å²) < 4.78 is 0. The van der Waals surface area contributed by atoms with Crippen molar-refractivity contribution in [1.82, 2.24) is 16.0 Å². The van der Waals surface area contributed by atoms with Crippen LogP contribution in [0.3, 0.4) is 0 Å². The molecule has 2 fully saturated rings. The summed E-state index contributed by atoms with van der Waals surface area (Å²) in [5.41, 5.74) is 0. The summed E-state index contributed by atoms with van der Waals surface area (Å²) in [6.07, 6.45) is 7.47. The number of carbonyl (C=O) groups is 2. The lowest BCUT2D eigenvalue weighted by Crippen LogP contribution is -2.39. The lowest BCUT2D eigenvalue weighted by molar-refractivity contribution is -0.122. The molecule has 0 radical (unpaired) electrons. The second-order valence-electron chi connectivity index (χ2n) is 5.30. The summed E-state index contributed by atoms with van der Waals surface area (Å²) in [6.45, 7) is 0.804. The van der Waals surface area contributed by atoms with Gasteiger partial charge in [0.25, 0.3) is 0 Å². The third-order valence-corrected chi connectivity index (χ3v) is 3.52. The van der Waals surface area contributed by atoms with Crippen LogP contribution in [0.25, 0.3) is 0 Å². The SMILES string of the molecule is O=C(CNC1CCCC1)NCCC(=O)NC1CC1. The van der Waals surface area contributed by atoms with Gasteiger partial charge in [-0.1, -0.05) is 12.8 Å². The van der Waals surface area contributed by atoms with Crippen LogP contribution in [0.15, 0.2) is 0 Å². The molecule has 2 aliphatic carbocycles. The average molecular weight is 253 g/mol. The molecule has 0 heterocycles. The Morgan fingerprint density at radius 3 is 2.33 bits per heavy atom. The molecule has 3 N–H and O–H groups in total. The Morgan fingerprint density at radius 2 is 1.67 bits per heavy atom. The minimum Gasteiger partial charge on any atom is -0.354 e. The van der Waals surface area contributed by atoms with Crippen molar-refractivity contribution in [2.24, 2.45) is 0 Å². The Hall–Kier alpha value is -1.10. The van der Waals surface area contributed by atoms with Crippen molar-refractivity contribution in [2.45, 2.75) is 57.0 Å². The van der Waals surface area contributed by atoms with Gasteiger partial charge in [0.05, 0.1) is 6.54 Å². The van der Waals surface area contributed by atoms with E-state index >= 15 is 0 Å². The van der Waals surface area contributed by atoms with Crippen molar-refractivity contribution in [3.63, 3.8) is 0 Å². The van der Waals surface area contributed by atoms with Gasteiger partial charge in [-0.15, -0.1) is 0 Å². The van der Waals surface area contributed by atoms with Gasteiger partial charge in [0.15, 0.2) is 0 Å². The van der Waals surface area contributed by atoms with Crippen molar-refractivity contribution in [3.05, 3.63) is 0 Å². The standard InChI is InChI=1S/C13H23N3O2/c17-12(16-11-5-6-11)7-8-14-13(18)9-15-10-3-1-2-4-10/h10-11,15H,1-9H2,(H,14,18)(H,16,17). The van der Waals surface area contributed by atoms with Crippen molar-refractivity contribution < 1.29 is 9.59 Å². The normalized spacial score (nSPS) is 19.8. The Morgan fingerprint density at radius 1 is 0.944 bits per heavy atom. The van der Waals surface area contributed by atoms with Crippen LogP contribution in [0.4, 0.5) is 0 Å². The molecule has 2 rings (SSSR count). The number of rotatable bonds is 7. The Bertz CT molecular complexity index is 297. The fourth-order valence-corrected chi connectivity index (χ4v) is 2.27. The van der Waals surface area contributed by atoms with Crippen LogP contribution >= 0.6 is 0 Å². The molecule has 5 heteroatoms. The highest BCUT2D eigenvalue weighted by atomic mass is 16.2. The third kappa shape index (κ3) is 5.04.